The molecular weight excluding hydrogens is 246 g/mol. The Morgan fingerprint density at radius 1 is 1.10 bits per heavy atom. The molecule has 0 saturated heterocycles. The minimum absolute atomic E-state index is 0.107. The zero-order chi connectivity index (χ0) is 14.8. The van der Waals surface area contributed by atoms with E-state index < -0.39 is 0 Å². The molecule has 1 aromatic carbocycles. The Bertz CT molecular complexity index is 575. The van der Waals surface area contributed by atoms with Crippen LogP contribution in [0.5, 0.6) is 0 Å². The van der Waals surface area contributed by atoms with Crippen LogP contribution >= 0.6 is 0 Å². The lowest BCUT2D eigenvalue weighted by molar-refractivity contribution is 0.500. The molecule has 1 heterocycles. The van der Waals surface area contributed by atoms with E-state index in [0.717, 1.165) is 37.3 Å². The number of hydrogen-bond donors (Lipinski definition) is 1. The van der Waals surface area contributed by atoms with Crippen molar-refractivity contribution in [1.82, 2.24) is 5.32 Å². The molecule has 0 saturated carbocycles. The second kappa shape index (κ2) is 6.01. The summed E-state index contributed by atoms with van der Waals surface area (Å²) >= 11 is 0. The summed E-state index contributed by atoms with van der Waals surface area (Å²) < 4.78 is 6.11. The zero-order valence-corrected chi connectivity index (χ0v) is 13.5. The molecule has 0 aliphatic heterocycles. The smallest absolute Gasteiger partial charge is 0.138 e. The Hall–Kier alpha value is -1.28. The summed E-state index contributed by atoms with van der Waals surface area (Å²) in [7, 11) is 0. The molecule has 0 radical (unpaired) electrons. The van der Waals surface area contributed by atoms with E-state index in [0.29, 0.717) is 0 Å². The monoisotopic (exact) mass is 273 g/mol. The van der Waals surface area contributed by atoms with Crippen molar-refractivity contribution in [2.45, 2.75) is 59.4 Å². The third-order valence-corrected chi connectivity index (χ3v) is 3.67. The molecule has 20 heavy (non-hydrogen) atoms. The van der Waals surface area contributed by atoms with Gasteiger partial charge in [0, 0.05) is 10.9 Å². The molecule has 0 aliphatic rings. The molecule has 0 bridgehead atoms. The van der Waals surface area contributed by atoms with E-state index in [1.807, 2.05) is 0 Å². The molecule has 0 spiro atoms. The van der Waals surface area contributed by atoms with Crippen LogP contribution in [0.25, 0.3) is 11.0 Å². The van der Waals surface area contributed by atoms with E-state index in [1.165, 1.54) is 16.5 Å². The minimum atomic E-state index is 0.107. The first kappa shape index (κ1) is 15.1. The van der Waals surface area contributed by atoms with Crippen molar-refractivity contribution in [3.63, 3.8) is 0 Å². The van der Waals surface area contributed by atoms with Gasteiger partial charge in [0.2, 0.25) is 0 Å². The summed E-state index contributed by atoms with van der Waals surface area (Å²) in [6, 6.07) is 6.75. The second-order valence-electron chi connectivity index (χ2n) is 6.55. The third-order valence-electron chi connectivity index (χ3n) is 3.67. The molecule has 2 aromatic rings. The van der Waals surface area contributed by atoms with Gasteiger partial charge < -0.3 is 9.73 Å². The van der Waals surface area contributed by atoms with Crippen molar-refractivity contribution < 1.29 is 4.42 Å². The van der Waals surface area contributed by atoms with Crippen LogP contribution in [0.4, 0.5) is 0 Å². The molecule has 1 aromatic heterocycles. The van der Waals surface area contributed by atoms with Gasteiger partial charge in [-0.3, -0.25) is 0 Å². The first-order valence-corrected chi connectivity index (χ1v) is 7.72. The summed E-state index contributed by atoms with van der Waals surface area (Å²) in [5.74, 6) is 1.03. The van der Waals surface area contributed by atoms with Gasteiger partial charge in [0.25, 0.3) is 0 Å². The highest BCUT2D eigenvalue weighted by atomic mass is 16.3. The Morgan fingerprint density at radius 3 is 2.45 bits per heavy atom. The van der Waals surface area contributed by atoms with Crippen molar-refractivity contribution in [3.8, 4) is 0 Å². The highest BCUT2D eigenvalue weighted by Gasteiger charge is 2.20. The maximum absolute atomic E-state index is 6.11. The van der Waals surface area contributed by atoms with E-state index >= 15 is 0 Å². The Morgan fingerprint density at radius 2 is 1.85 bits per heavy atom. The Balaban J connectivity index is 2.43. The van der Waals surface area contributed by atoms with Gasteiger partial charge in [-0.2, -0.15) is 0 Å². The van der Waals surface area contributed by atoms with Gasteiger partial charge >= 0.3 is 0 Å². The number of nitrogens with one attached hydrogen (secondary N) is 1. The lowest BCUT2D eigenvalue weighted by Crippen LogP contribution is -2.13. The number of furan rings is 1. The van der Waals surface area contributed by atoms with Crippen LogP contribution in [-0.2, 0) is 18.4 Å². The number of benzene rings is 1. The normalized spacial score (nSPS) is 12.2. The first-order valence-electron chi connectivity index (χ1n) is 7.72. The number of fused-ring (bicyclic) bond motifs is 1. The van der Waals surface area contributed by atoms with Gasteiger partial charge in [-0.05, 0) is 42.5 Å². The number of aryl methyl sites for hydroxylation is 1. The SMILES string of the molecule is CCCNCc1cc2cc(CC)cc(C(C)(C)C)c2o1. The van der Waals surface area contributed by atoms with E-state index in [9.17, 15) is 0 Å². The van der Waals surface area contributed by atoms with Crippen LogP contribution in [0.3, 0.4) is 0 Å². The summed E-state index contributed by atoms with van der Waals surface area (Å²) in [5.41, 5.74) is 3.86. The molecule has 0 aliphatic carbocycles. The average Bonchev–Trinajstić information content (AvgIpc) is 2.79. The van der Waals surface area contributed by atoms with Gasteiger partial charge in [0.15, 0.2) is 0 Å². The van der Waals surface area contributed by atoms with Crippen LogP contribution in [0.15, 0.2) is 22.6 Å². The Labute approximate surface area is 122 Å². The van der Waals surface area contributed by atoms with Gasteiger partial charge in [-0.1, -0.05) is 40.7 Å². The topological polar surface area (TPSA) is 25.2 Å². The van der Waals surface area contributed by atoms with Crippen LogP contribution in [-0.4, -0.2) is 6.54 Å². The van der Waals surface area contributed by atoms with E-state index in [1.54, 1.807) is 0 Å². The van der Waals surface area contributed by atoms with Crippen molar-refractivity contribution in [2.75, 3.05) is 6.54 Å². The Kier molecular flexibility index (Phi) is 4.54. The minimum Gasteiger partial charge on any atom is -0.459 e. The average molecular weight is 273 g/mol. The maximum atomic E-state index is 6.11. The molecule has 1 N–H and O–H groups in total. The summed E-state index contributed by atoms with van der Waals surface area (Å²) in [6.45, 7) is 13.0. The van der Waals surface area contributed by atoms with Gasteiger partial charge in [0.05, 0.1) is 6.54 Å². The van der Waals surface area contributed by atoms with Crippen molar-refractivity contribution in [3.05, 3.63) is 35.1 Å². The molecule has 2 rings (SSSR count). The highest BCUT2D eigenvalue weighted by Crippen LogP contribution is 2.33. The second-order valence-corrected chi connectivity index (χ2v) is 6.55. The lowest BCUT2D eigenvalue weighted by Gasteiger charge is -2.20. The predicted octanol–water partition coefficient (Wildman–Crippen LogP) is 4.79. The number of hydrogen-bond acceptors (Lipinski definition) is 2. The summed E-state index contributed by atoms with van der Waals surface area (Å²) in [5, 5.41) is 4.64. The largest absolute Gasteiger partial charge is 0.459 e. The lowest BCUT2D eigenvalue weighted by atomic mass is 9.85. The molecule has 0 unspecified atom stereocenters. The van der Waals surface area contributed by atoms with Gasteiger partial charge in [-0.15, -0.1) is 0 Å². The summed E-state index contributed by atoms with van der Waals surface area (Å²) in [4.78, 5) is 0. The van der Waals surface area contributed by atoms with Gasteiger partial charge in [-0.25, -0.2) is 0 Å². The van der Waals surface area contributed by atoms with Crippen LogP contribution in [0, 0.1) is 0 Å². The third kappa shape index (κ3) is 3.24. The molecule has 2 heteroatoms. The fourth-order valence-electron chi connectivity index (χ4n) is 2.51. The molecular formula is C18H27NO. The standard InChI is InChI=1S/C18H27NO/c1-6-8-19-12-15-11-14-9-13(7-2)10-16(17(14)20-15)18(3,4)5/h9-11,19H,6-8,12H2,1-5H3. The first-order chi connectivity index (χ1) is 9.45. The summed E-state index contributed by atoms with van der Waals surface area (Å²) in [6.07, 6.45) is 2.21. The van der Waals surface area contributed by atoms with E-state index in [-0.39, 0.29) is 5.41 Å². The van der Waals surface area contributed by atoms with Crippen molar-refractivity contribution in [1.29, 1.82) is 0 Å². The van der Waals surface area contributed by atoms with Gasteiger partial charge in [0.1, 0.15) is 11.3 Å². The fourth-order valence-corrected chi connectivity index (χ4v) is 2.51. The molecule has 110 valence electrons. The van der Waals surface area contributed by atoms with Crippen molar-refractivity contribution >= 4 is 11.0 Å². The van der Waals surface area contributed by atoms with E-state index in [4.69, 9.17) is 4.42 Å². The maximum Gasteiger partial charge on any atom is 0.138 e. The van der Waals surface area contributed by atoms with E-state index in [2.05, 4.69) is 58.1 Å². The fraction of sp³-hybridized carbons (Fsp3) is 0.556. The quantitative estimate of drug-likeness (QED) is 0.792. The molecule has 0 fully saturated rings. The molecule has 2 nitrogen and oxygen atoms in total. The zero-order valence-electron chi connectivity index (χ0n) is 13.5. The molecule has 0 atom stereocenters. The highest BCUT2D eigenvalue weighted by molar-refractivity contribution is 5.83. The van der Waals surface area contributed by atoms with Crippen LogP contribution < -0.4 is 5.32 Å². The van der Waals surface area contributed by atoms with Crippen molar-refractivity contribution in [2.24, 2.45) is 0 Å². The molecule has 0 amide bonds. The predicted molar refractivity (Wildman–Crippen MR) is 86.3 cm³/mol. The van der Waals surface area contributed by atoms with Crippen LogP contribution in [0.1, 0.15) is 57.9 Å². The van der Waals surface area contributed by atoms with Crippen LogP contribution in [0.2, 0.25) is 0 Å². The number of rotatable bonds is 5.